The summed E-state index contributed by atoms with van der Waals surface area (Å²) in [6, 6.07) is 8.43. The van der Waals surface area contributed by atoms with Crippen LogP contribution in [-0.2, 0) is 11.2 Å². The van der Waals surface area contributed by atoms with Crippen LogP contribution in [0.3, 0.4) is 0 Å². The van der Waals surface area contributed by atoms with Crippen molar-refractivity contribution in [1.29, 1.82) is 0 Å². The fourth-order valence-electron chi connectivity index (χ4n) is 3.07. The van der Waals surface area contributed by atoms with E-state index in [-0.39, 0.29) is 23.9 Å². The summed E-state index contributed by atoms with van der Waals surface area (Å²) < 4.78 is 0. The maximum atomic E-state index is 12.5. The number of piperidine rings is 1. The van der Waals surface area contributed by atoms with Crippen LogP contribution in [0.5, 0.6) is 0 Å². The van der Waals surface area contributed by atoms with Crippen molar-refractivity contribution in [3.8, 4) is 0 Å². The zero-order chi connectivity index (χ0) is 17.7. The monoisotopic (exact) mass is 331 g/mol. The summed E-state index contributed by atoms with van der Waals surface area (Å²) in [5, 5.41) is 3.12. The zero-order valence-corrected chi connectivity index (χ0v) is 15.2. The second-order valence-electron chi connectivity index (χ2n) is 6.76. The van der Waals surface area contributed by atoms with Gasteiger partial charge in [-0.25, -0.2) is 4.79 Å². The van der Waals surface area contributed by atoms with Crippen molar-refractivity contribution in [3.63, 3.8) is 0 Å². The largest absolute Gasteiger partial charge is 0.349 e. The molecule has 5 nitrogen and oxygen atoms in total. The number of carbonyl (C=O) groups is 2. The highest BCUT2D eigenvalue weighted by Crippen LogP contribution is 2.20. The minimum atomic E-state index is -0.00595. The van der Waals surface area contributed by atoms with E-state index in [9.17, 15) is 9.59 Å². The van der Waals surface area contributed by atoms with Gasteiger partial charge in [0.2, 0.25) is 5.91 Å². The number of likely N-dealkylation sites (tertiary alicyclic amines) is 1. The summed E-state index contributed by atoms with van der Waals surface area (Å²) in [5.41, 5.74) is 2.43. The van der Waals surface area contributed by atoms with Gasteiger partial charge in [-0.15, -0.1) is 0 Å². The molecule has 1 aliphatic rings. The average molecular weight is 331 g/mol. The van der Waals surface area contributed by atoms with Crippen LogP contribution in [0.25, 0.3) is 0 Å². The first-order chi connectivity index (χ1) is 11.4. The molecule has 0 saturated carbocycles. The van der Waals surface area contributed by atoms with Crippen LogP contribution < -0.4 is 5.32 Å². The second kappa shape index (κ2) is 8.18. The first-order valence-corrected chi connectivity index (χ1v) is 8.77. The van der Waals surface area contributed by atoms with Crippen molar-refractivity contribution in [1.82, 2.24) is 15.1 Å². The molecule has 1 aromatic carbocycles. The van der Waals surface area contributed by atoms with E-state index < -0.39 is 0 Å². The molecule has 1 atom stereocenters. The van der Waals surface area contributed by atoms with Crippen LogP contribution >= 0.6 is 0 Å². The van der Waals surface area contributed by atoms with Gasteiger partial charge in [0, 0.05) is 33.1 Å². The molecule has 1 saturated heterocycles. The molecule has 5 heteroatoms. The Morgan fingerprint density at radius 2 is 1.79 bits per heavy atom. The van der Waals surface area contributed by atoms with Crippen molar-refractivity contribution in [2.24, 2.45) is 5.92 Å². The van der Waals surface area contributed by atoms with Crippen LogP contribution in [0.1, 0.15) is 43.9 Å². The predicted molar refractivity (Wildman–Crippen MR) is 95.8 cm³/mol. The van der Waals surface area contributed by atoms with Crippen molar-refractivity contribution < 1.29 is 9.59 Å². The molecule has 1 heterocycles. The number of benzene rings is 1. The molecule has 3 amide bonds. The molecule has 0 aliphatic carbocycles. The molecule has 0 spiro atoms. The normalized spacial score (nSPS) is 16.6. The Hall–Kier alpha value is -2.04. The number of amides is 3. The van der Waals surface area contributed by atoms with Gasteiger partial charge in [-0.05, 0) is 37.3 Å². The zero-order valence-electron chi connectivity index (χ0n) is 15.2. The van der Waals surface area contributed by atoms with Crippen LogP contribution in [0, 0.1) is 5.92 Å². The molecule has 132 valence electrons. The quantitative estimate of drug-likeness (QED) is 0.922. The van der Waals surface area contributed by atoms with Gasteiger partial charge in [0.1, 0.15) is 0 Å². The van der Waals surface area contributed by atoms with Crippen molar-refractivity contribution in [3.05, 3.63) is 35.4 Å². The van der Waals surface area contributed by atoms with Crippen LogP contribution in [0.2, 0.25) is 0 Å². The van der Waals surface area contributed by atoms with Crippen molar-refractivity contribution in [2.45, 2.75) is 39.2 Å². The third-order valence-corrected chi connectivity index (χ3v) is 4.77. The molecule has 1 unspecified atom stereocenters. The molecule has 24 heavy (non-hydrogen) atoms. The minimum Gasteiger partial charge on any atom is -0.349 e. The number of carbonyl (C=O) groups excluding carboxylic acids is 2. The Kier molecular flexibility index (Phi) is 6.23. The summed E-state index contributed by atoms with van der Waals surface area (Å²) in [7, 11) is 3.51. The Bertz CT molecular complexity index is 560. The van der Waals surface area contributed by atoms with E-state index in [1.165, 1.54) is 5.56 Å². The third-order valence-electron chi connectivity index (χ3n) is 4.77. The molecular weight excluding hydrogens is 302 g/mol. The highest BCUT2D eigenvalue weighted by atomic mass is 16.2. The first-order valence-electron chi connectivity index (χ1n) is 8.77. The summed E-state index contributed by atoms with van der Waals surface area (Å²) in [6.07, 6.45) is 2.48. The standard InChI is InChI=1S/C19H29N3O2/c1-5-15-6-8-16(9-7-15)14(2)20-18(23)17-10-12-22(13-11-17)19(24)21(3)4/h6-9,14,17H,5,10-13H2,1-4H3,(H,20,23). The average Bonchev–Trinajstić information content (AvgIpc) is 2.61. The molecule has 1 N–H and O–H groups in total. The molecule has 1 aliphatic heterocycles. The summed E-state index contributed by atoms with van der Waals surface area (Å²) >= 11 is 0. The van der Waals surface area contributed by atoms with Crippen molar-refractivity contribution >= 4 is 11.9 Å². The number of nitrogens with zero attached hydrogens (tertiary/aromatic N) is 2. The fraction of sp³-hybridized carbons (Fsp3) is 0.579. The number of urea groups is 1. The van der Waals surface area contributed by atoms with Gasteiger partial charge in [-0.1, -0.05) is 31.2 Å². The molecule has 2 rings (SSSR count). The summed E-state index contributed by atoms with van der Waals surface area (Å²) in [6.45, 7) is 5.44. The Morgan fingerprint density at radius 3 is 2.29 bits per heavy atom. The van der Waals surface area contributed by atoms with Gasteiger partial charge in [0.05, 0.1) is 6.04 Å². The maximum Gasteiger partial charge on any atom is 0.319 e. The summed E-state index contributed by atoms with van der Waals surface area (Å²) in [4.78, 5) is 27.8. The molecule has 0 bridgehead atoms. The minimum absolute atomic E-state index is 0.00448. The lowest BCUT2D eigenvalue weighted by atomic mass is 9.95. The molecule has 1 fully saturated rings. The van der Waals surface area contributed by atoms with Crippen LogP contribution in [0.4, 0.5) is 4.79 Å². The lowest BCUT2D eigenvalue weighted by molar-refractivity contribution is -0.126. The van der Waals surface area contributed by atoms with Crippen LogP contribution in [-0.4, -0.2) is 48.9 Å². The number of hydrogen-bond donors (Lipinski definition) is 1. The van der Waals surface area contributed by atoms with Gasteiger partial charge >= 0.3 is 6.03 Å². The number of hydrogen-bond acceptors (Lipinski definition) is 2. The van der Waals surface area contributed by atoms with E-state index in [0.29, 0.717) is 13.1 Å². The van der Waals surface area contributed by atoms with Crippen molar-refractivity contribution in [2.75, 3.05) is 27.2 Å². The maximum absolute atomic E-state index is 12.5. The topological polar surface area (TPSA) is 52.7 Å². The number of rotatable bonds is 4. The van der Waals surface area contributed by atoms with Gasteiger partial charge in [0.25, 0.3) is 0 Å². The fourth-order valence-corrected chi connectivity index (χ4v) is 3.07. The summed E-state index contributed by atoms with van der Waals surface area (Å²) in [5.74, 6) is 0.0904. The van der Waals surface area contributed by atoms with Gasteiger partial charge in [-0.3, -0.25) is 4.79 Å². The Labute approximate surface area is 145 Å². The van der Waals surface area contributed by atoms with Gasteiger partial charge in [0.15, 0.2) is 0 Å². The molecular formula is C19H29N3O2. The van der Waals surface area contributed by atoms with E-state index in [4.69, 9.17) is 0 Å². The van der Waals surface area contributed by atoms with Gasteiger partial charge < -0.3 is 15.1 Å². The van der Waals surface area contributed by atoms with E-state index in [1.807, 2.05) is 11.8 Å². The smallest absolute Gasteiger partial charge is 0.319 e. The van der Waals surface area contributed by atoms with E-state index in [1.54, 1.807) is 19.0 Å². The van der Waals surface area contributed by atoms with Crippen LogP contribution in [0.15, 0.2) is 24.3 Å². The molecule has 0 aromatic heterocycles. The number of aryl methyl sites for hydroxylation is 1. The third kappa shape index (κ3) is 4.49. The first kappa shape index (κ1) is 18.3. The van der Waals surface area contributed by atoms with E-state index in [0.717, 1.165) is 24.8 Å². The lowest BCUT2D eigenvalue weighted by Gasteiger charge is -2.33. The molecule has 0 radical (unpaired) electrons. The van der Waals surface area contributed by atoms with Gasteiger partial charge in [-0.2, -0.15) is 0 Å². The Morgan fingerprint density at radius 1 is 1.21 bits per heavy atom. The molecule has 1 aromatic rings. The number of nitrogens with one attached hydrogen (secondary N) is 1. The highest BCUT2D eigenvalue weighted by Gasteiger charge is 2.28. The van der Waals surface area contributed by atoms with E-state index in [2.05, 4.69) is 36.5 Å². The lowest BCUT2D eigenvalue weighted by Crippen LogP contribution is -2.46. The Balaban J connectivity index is 1.85. The SMILES string of the molecule is CCc1ccc(C(C)NC(=O)C2CCN(C(=O)N(C)C)CC2)cc1. The van der Waals surface area contributed by atoms with E-state index >= 15 is 0 Å². The second-order valence-corrected chi connectivity index (χ2v) is 6.76. The predicted octanol–water partition coefficient (Wildman–Crippen LogP) is 2.82. The highest BCUT2D eigenvalue weighted by molar-refractivity contribution is 5.80.